The van der Waals surface area contributed by atoms with Crippen molar-refractivity contribution in [1.29, 1.82) is 0 Å². The molecule has 27 heavy (non-hydrogen) atoms. The van der Waals surface area contributed by atoms with E-state index in [0.717, 1.165) is 28.3 Å². The smallest absolute Gasteiger partial charge is 0.313 e. The molecule has 0 fully saturated rings. The van der Waals surface area contributed by atoms with Crippen LogP contribution in [0.15, 0.2) is 36.4 Å². The maximum absolute atomic E-state index is 12.3. The van der Waals surface area contributed by atoms with Crippen LogP contribution in [0.2, 0.25) is 0 Å². The second-order valence-corrected chi connectivity index (χ2v) is 6.65. The SMILES string of the molecule is C[C@H](C(=O)OCCCC[C@H](C)ON(O)O)c1ccc2cc(CO)ccc2c1. The van der Waals surface area contributed by atoms with Crippen LogP contribution in [0, 0.1) is 0 Å². The van der Waals surface area contributed by atoms with E-state index < -0.39 is 0 Å². The number of aliphatic hydroxyl groups excluding tert-OH is 1. The number of rotatable bonds is 10. The molecule has 0 saturated heterocycles. The summed E-state index contributed by atoms with van der Waals surface area (Å²) in [5.74, 6) is -0.644. The molecule has 0 amide bonds. The third-order valence-electron chi connectivity index (χ3n) is 4.49. The molecular weight excluding hydrogens is 350 g/mol. The van der Waals surface area contributed by atoms with Crippen LogP contribution < -0.4 is 0 Å². The molecule has 0 saturated carbocycles. The van der Waals surface area contributed by atoms with Crippen molar-refractivity contribution in [3.8, 4) is 0 Å². The lowest BCUT2D eigenvalue weighted by atomic mass is 9.97. The normalized spacial score (nSPS) is 13.7. The van der Waals surface area contributed by atoms with Crippen LogP contribution in [0.3, 0.4) is 0 Å². The Morgan fingerprint density at radius 2 is 1.78 bits per heavy atom. The van der Waals surface area contributed by atoms with E-state index in [1.165, 1.54) is 0 Å². The highest BCUT2D eigenvalue weighted by Gasteiger charge is 2.17. The van der Waals surface area contributed by atoms with Crippen molar-refractivity contribution >= 4 is 16.7 Å². The van der Waals surface area contributed by atoms with Gasteiger partial charge in [0.1, 0.15) is 0 Å². The quantitative estimate of drug-likeness (QED) is 0.331. The number of carbonyl (C=O) groups is 1. The molecule has 0 aromatic heterocycles. The predicted molar refractivity (Wildman–Crippen MR) is 99.1 cm³/mol. The summed E-state index contributed by atoms with van der Waals surface area (Å²) in [6.07, 6.45) is 1.69. The minimum Gasteiger partial charge on any atom is -0.465 e. The number of benzene rings is 2. The van der Waals surface area contributed by atoms with E-state index in [1.54, 1.807) is 6.92 Å². The third-order valence-corrected chi connectivity index (χ3v) is 4.49. The highest BCUT2D eigenvalue weighted by Crippen LogP contribution is 2.24. The van der Waals surface area contributed by atoms with Crippen molar-refractivity contribution in [3.05, 3.63) is 47.5 Å². The monoisotopic (exact) mass is 377 g/mol. The van der Waals surface area contributed by atoms with Crippen molar-refractivity contribution in [2.24, 2.45) is 0 Å². The van der Waals surface area contributed by atoms with Gasteiger partial charge < -0.3 is 9.84 Å². The Balaban J connectivity index is 1.81. The molecule has 0 aliphatic carbocycles. The van der Waals surface area contributed by atoms with Crippen molar-refractivity contribution < 1.29 is 29.9 Å². The number of unbranched alkanes of at least 4 members (excludes halogenated alkanes) is 1. The molecule has 2 atom stereocenters. The molecule has 2 aromatic rings. The van der Waals surface area contributed by atoms with Crippen LogP contribution in [0.4, 0.5) is 0 Å². The van der Waals surface area contributed by atoms with Gasteiger partial charge in [-0.15, -0.1) is 0 Å². The summed E-state index contributed by atoms with van der Waals surface area (Å²) in [4.78, 5) is 16.9. The minimum atomic E-state index is -0.369. The van der Waals surface area contributed by atoms with Crippen molar-refractivity contribution in [3.63, 3.8) is 0 Å². The van der Waals surface area contributed by atoms with E-state index in [4.69, 9.17) is 15.2 Å². The zero-order chi connectivity index (χ0) is 19.8. The summed E-state index contributed by atoms with van der Waals surface area (Å²) in [6.45, 7) is 3.85. The van der Waals surface area contributed by atoms with Crippen LogP contribution in [0.5, 0.6) is 0 Å². The van der Waals surface area contributed by atoms with Crippen molar-refractivity contribution in [2.75, 3.05) is 6.61 Å². The predicted octanol–water partition coefficient (Wildman–Crippen LogP) is 3.55. The van der Waals surface area contributed by atoms with Gasteiger partial charge in [0.25, 0.3) is 0 Å². The van der Waals surface area contributed by atoms with Gasteiger partial charge in [-0.05, 0) is 61.1 Å². The highest BCUT2D eigenvalue weighted by molar-refractivity contribution is 5.86. The number of carbonyl (C=O) groups excluding carboxylic acids is 1. The number of fused-ring (bicyclic) bond motifs is 1. The van der Waals surface area contributed by atoms with Gasteiger partial charge in [-0.1, -0.05) is 30.3 Å². The molecule has 0 aliphatic rings. The van der Waals surface area contributed by atoms with Crippen LogP contribution in [0.1, 0.15) is 50.2 Å². The average molecular weight is 377 g/mol. The topological polar surface area (TPSA) is 99.5 Å². The van der Waals surface area contributed by atoms with Crippen LogP contribution in [0.25, 0.3) is 10.8 Å². The Hall–Kier alpha value is -2.03. The highest BCUT2D eigenvalue weighted by atomic mass is 17.1. The van der Waals surface area contributed by atoms with Gasteiger partial charge in [0, 0.05) is 0 Å². The van der Waals surface area contributed by atoms with Crippen LogP contribution >= 0.6 is 0 Å². The molecule has 7 nitrogen and oxygen atoms in total. The van der Waals surface area contributed by atoms with Gasteiger partial charge in [0.15, 0.2) is 0 Å². The Morgan fingerprint density at radius 3 is 2.48 bits per heavy atom. The van der Waals surface area contributed by atoms with E-state index in [2.05, 4.69) is 4.84 Å². The first-order valence-corrected chi connectivity index (χ1v) is 9.05. The number of hydrogen-bond donors (Lipinski definition) is 3. The van der Waals surface area contributed by atoms with Crippen LogP contribution in [-0.4, -0.2) is 39.6 Å². The van der Waals surface area contributed by atoms with E-state index in [-0.39, 0.29) is 30.0 Å². The van der Waals surface area contributed by atoms with Crippen molar-refractivity contribution in [2.45, 2.75) is 51.7 Å². The number of esters is 1. The summed E-state index contributed by atoms with van der Waals surface area (Å²) in [6, 6.07) is 11.6. The third kappa shape index (κ3) is 6.57. The van der Waals surface area contributed by atoms with Gasteiger partial charge in [-0.2, -0.15) is 0 Å². The molecule has 3 N–H and O–H groups in total. The molecule has 2 aromatic carbocycles. The summed E-state index contributed by atoms with van der Waals surface area (Å²) in [5.41, 5.74) is 1.74. The lowest BCUT2D eigenvalue weighted by Gasteiger charge is -2.15. The van der Waals surface area contributed by atoms with Gasteiger partial charge in [-0.25, -0.2) is 4.84 Å². The molecule has 7 heteroatoms. The van der Waals surface area contributed by atoms with Gasteiger partial charge in [0.05, 0.1) is 30.6 Å². The molecule has 0 aliphatic heterocycles. The molecule has 0 heterocycles. The fourth-order valence-corrected chi connectivity index (χ4v) is 2.86. The Kier molecular flexibility index (Phi) is 8.15. The number of nitrogens with zero attached hydrogens (tertiary/aromatic N) is 1. The summed E-state index contributed by atoms with van der Waals surface area (Å²) >= 11 is 0. The van der Waals surface area contributed by atoms with E-state index in [0.29, 0.717) is 19.4 Å². The number of hydrogen-bond acceptors (Lipinski definition) is 7. The minimum absolute atomic E-state index is 0.00355. The molecule has 148 valence electrons. The molecule has 2 rings (SSSR count). The lowest BCUT2D eigenvalue weighted by molar-refractivity contribution is -0.503. The van der Waals surface area contributed by atoms with E-state index >= 15 is 0 Å². The molecule has 0 bridgehead atoms. The standard InChI is InChI=1S/C20H27NO6/c1-14(27-21(24)25)5-3-4-10-26-20(23)15(2)17-8-9-18-11-16(13-22)6-7-19(18)12-17/h6-9,11-12,14-15,22,24-25H,3-5,10,13H2,1-2H3/t14-,15-/m0/s1. The van der Waals surface area contributed by atoms with Gasteiger partial charge in [0.2, 0.25) is 0 Å². The number of aliphatic hydroxyl groups is 1. The average Bonchev–Trinajstić information content (AvgIpc) is 2.65. The molecule has 0 spiro atoms. The molecule has 0 radical (unpaired) electrons. The molecule has 0 unspecified atom stereocenters. The van der Waals surface area contributed by atoms with Gasteiger partial charge in [-0.3, -0.25) is 15.2 Å². The lowest BCUT2D eigenvalue weighted by Crippen LogP contribution is -2.21. The number of ether oxygens (including phenoxy) is 1. The maximum atomic E-state index is 12.3. The van der Waals surface area contributed by atoms with Gasteiger partial charge >= 0.3 is 5.97 Å². The van der Waals surface area contributed by atoms with E-state index in [9.17, 15) is 9.90 Å². The second kappa shape index (κ2) is 10.3. The molecular formula is C20H27NO6. The first-order valence-electron chi connectivity index (χ1n) is 9.05. The second-order valence-electron chi connectivity index (χ2n) is 6.65. The summed E-state index contributed by atoms with van der Waals surface area (Å²) in [7, 11) is 0. The maximum Gasteiger partial charge on any atom is 0.313 e. The first kappa shape index (κ1) is 21.3. The zero-order valence-electron chi connectivity index (χ0n) is 15.7. The Bertz CT molecular complexity index is 748. The van der Waals surface area contributed by atoms with E-state index in [1.807, 2.05) is 43.3 Å². The Morgan fingerprint density at radius 1 is 1.07 bits per heavy atom. The largest absolute Gasteiger partial charge is 0.465 e. The summed E-state index contributed by atoms with van der Waals surface area (Å²) in [5, 5.41) is 28.0. The fraction of sp³-hybridized carbons (Fsp3) is 0.450. The summed E-state index contributed by atoms with van der Waals surface area (Å²) < 4.78 is 5.35. The fourth-order valence-electron chi connectivity index (χ4n) is 2.86. The Labute approximate surface area is 158 Å². The zero-order valence-corrected chi connectivity index (χ0v) is 15.7. The van der Waals surface area contributed by atoms with Crippen LogP contribution in [-0.2, 0) is 21.0 Å². The van der Waals surface area contributed by atoms with Crippen molar-refractivity contribution in [1.82, 2.24) is 5.39 Å². The first-order chi connectivity index (χ1) is 12.9.